The van der Waals surface area contributed by atoms with E-state index in [1.54, 1.807) is 0 Å². The fourth-order valence-electron chi connectivity index (χ4n) is 3.49. The van der Waals surface area contributed by atoms with E-state index in [1.807, 2.05) is 0 Å². The minimum absolute atomic E-state index is 0.406. The van der Waals surface area contributed by atoms with Crippen LogP contribution in [-0.4, -0.2) is 49.8 Å². The van der Waals surface area contributed by atoms with Gasteiger partial charge in [-0.05, 0) is 39.2 Å². The molecule has 2 fully saturated rings. The van der Waals surface area contributed by atoms with Crippen LogP contribution in [0.4, 0.5) is 0 Å². The second kappa shape index (κ2) is 6.17. The first kappa shape index (κ1) is 13.3. The van der Waals surface area contributed by atoms with Gasteiger partial charge in [-0.3, -0.25) is 4.90 Å². The number of rotatable bonds is 3. The summed E-state index contributed by atoms with van der Waals surface area (Å²) >= 11 is 0. The number of nitrogens with zero attached hydrogens (tertiary/aromatic N) is 1. The molecular weight excluding hydrogens is 212 g/mol. The van der Waals surface area contributed by atoms with Crippen molar-refractivity contribution in [2.75, 3.05) is 26.7 Å². The zero-order valence-electron chi connectivity index (χ0n) is 11.6. The van der Waals surface area contributed by atoms with Crippen LogP contribution in [0.2, 0.25) is 0 Å². The molecule has 1 aliphatic heterocycles. The maximum atomic E-state index is 5.66. The summed E-state index contributed by atoms with van der Waals surface area (Å²) in [6.45, 7) is 7.66. The highest BCUT2D eigenvalue weighted by Gasteiger charge is 2.34. The Balaban J connectivity index is 1.98. The number of hydrogen-bond donors (Lipinski definition) is 1. The molecule has 4 unspecified atom stereocenters. The van der Waals surface area contributed by atoms with Crippen LogP contribution in [0.3, 0.4) is 0 Å². The lowest BCUT2D eigenvalue weighted by atomic mass is 9.80. The molecule has 0 spiro atoms. The Morgan fingerprint density at radius 3 is 2.82 bits per heavy atom. The van der Waals surface area contributed by atoms with Crippen molar-refractivity contribution in [3.63, 3.8) is 0 Å². The van der Waals surface area contributed by atoms with E-state index >= 15 is 0 Å². The van der Waals surface area contributed by atoms with E-state index in [1.165, 1.54) is 25.7 Å². The summed E-state index contributed by atoms with van der Waals surface area (Å²) in [5.74, 6) is 0.933. The van der Waals surface area contributed by atoms with Gasteiger partial charge in [-0.1, -0.05) is 13.3 Å². The molecular formula is C14H28N2O. The summed E-state index contributed by atoms with van der Waals surface area (Å²) in [5, 5.41) is 3.53. The van der Waals surface area contributed by atoms with E-state index < -0.39 is 0 Å². The minimum atomic E-state index is 0.406. The number of nitrogens with one attached hydrogen (secondary N) is 1. The molecule has 100 valence electrons. The largest absolute Gasteiger partial charge is 0.376 e. The molecule has 0 bridgehead atoms. The molecule has 2 rings (SSSR count). The number of ether oxygens (including phenoxy) is 1. The summed E-state index contributed by atoms with van der Waals surface area (Å²) in [7, 11) is 2.12. The molecule has 0 amide bonds. The molecule has 4 atom stereocenters. The summed E-state index contributed by atoms with van der Waals surface area (Å²) in [5.41, 5.74) is 0. The van der Waals surface area contributed by atoms with E-state index in [9.17, 15) is 0 Å². The zero-order valence-corrected chi connectivity index (χ0v) is 11.6. The molecule has 0 aromatic rings. The molecule has 1 saturated carbocycles. The van der Waals surface area contributed by atoms with E-state index in [0.29, 0.717) is 12.1 Å². The van der Waals surface area contributed by atoms with Crippen LogP contribution < -0.4 is 5.32 Å². The smallest absolute Gasteiger partial charge is 0.0674 e. The molecule has 17 heavy (non-hydrogen) atoms. The molecule has 0 aromatic carbocycles. The Hall–Kier alpha value is -0.120. The van der Waals surface area contributed by atoms with Crippen molar-refractivity contribution in [2.45, 2.75) is 57.7 Å². The van der Waals surface area contributed by atoms with Crippen molar-refractivity contribution in [3.05, 3.63) is 0 Å². The first-order valence-electron chi connectivity index (χ1n) is 7.27. The highest BCUT2D eigenvalue weighted by Crippen LogP contribution is 2.30. The molecule has 0 radical (unpaired) electrons. The highest BCUT2D eigenvalue weighted by molar-refractivity contribution is 4.91. The van der Waals surface area contributed by atoms with Crippen molar-refractivity contribution >= 4 is 0 Å². The molecule has 1 N–H and O–H groups in total. The van der Waals surface area contributed by atoms with Crippen molar-refractivity contribution in [1.82, 2.24) is 10.2 Å². The van der Waals surface area contributed by atoms with Gasteiger partial charge in [0.1, 0.15) is 0 Å². The van der Waals surface area contributed by atoms with Crippen molar-refractivity contribution < 1.29 is 4.74 Å². The third-order valence-corrected chi connectivity index (χ3v) is 4.61. The van der Waals surface area contributed by atoms with Crippen LogP contribution in [0, 0.1) is 5.92 Å². The van der Waals surface area contributed by atoms with Gasteiger partial charge in [-0.2, -0.15) is 0 Å². The van der Waals surface area contributed by atoms with Crippen LogP contribution in [-0.2, 0) is 4.74 Å². The van der Waals surface area contributed by atoms with Crippen molar-refractivity contribution in [3.8, 4) is 0 Å². The number of likely N-dealkylation sites (N-methyl/N-ethyl adjacent to an activating group) is 1. The summed E-state index contributed by atoms with van der Waals surface area (Å²) in [6.07, 6.45) is 5.86. The fourth-order valence-corrected chi connectivity index (χ4v) is 3.49. The second-order valence-corrected chi connectivity index (χ2v) is 5.73. The van der Waals surface area contributed by atoms with Crippen molar-refractivity contribution in [1.29, 1.82) is 0 Å². The Labute approximate surface area is 106 Å². The van der Waals surface area contributed by atoms with Gasteiger partial charge in [0.2, 0.25) is 0 Å². The average Bonchev–Trinajstić information content (AvgIpc) is 2.38. The van der Waals surface area contributed by atoms with Gasteiger partial charge in [0.15, 0.2) is 0 Å². The molecule has 0 aromatic heterocycles. The Kier molecular flexibility index (Phi) is 4.83. The van der Waals surface area contributed by atoms with Crippen LogP contribution in [0.25, 0.3) is 0 Å². The zero-order chi connectivity index (χ0) is 12.3. The first-order valence-corrected chi connectivity index (χ1v) is 7.27. The quantitative estimate of drug-likeness (QED) is 0.815. The van der Waals surface area contributed by atoms with E-state index in [4.69, 9.17) is 4.74 Å². The van der Waals surface area contributed by atoms with Gasteiger partial charge in [0.25, 0.3) is 0 Å². The van der Waals surface area contributed by atoms with E-state index in [2.05, 4.69) is 31.1 Å². The maximum Gasteiger partial charge on any atom is 0.0674 e. The molecule has 2 aliphatic rings. The number of hydrogen-bond acceptors (Lipinski definition) is 3. The van der Waals surface area contributed by atoms with Gasteiger partial charge < -0.3 is 10.1 Å². The standard InChI is InChI=1S/C14H28N2O/c1-4-12-5-6-13(15-3)14(9-12)16-7-8-17-11(2)10-16/h11-15H,4-10H2,1-3H3. The summed E-state index contributed by atoms with van der Waals surface area (Å²) < 4.78 is 5.66. The minimum Gasteiger partial charge on any atom is -0.376 e. The lowest BCUT2D eigenvalue weighted by Crippen LogP contribution is -2.56. The normalized spacial score (nSPS) is 40.4. The number of morpholine rings is 1. The van der Waals surface area contributed by atoms with Gasteiger partial charge in [-0.15, -0.1) is 0 Å². The highest BCUT2D eigenvalue weighted by atomic mass is 16.5. The third kappa shape index (κ3) is 3.21. The summed E-state index contributed by atoms with van der Waals surface area (Å²) in [4.78, 5) is 2.66. The third-order valence-electron chi connectivity index (χ3n) is 4.61. The Morgan fingerprint density at radius 1 is 1.35 bits per heavy atom. The lowest BCUT2D eigenvalue weighted by Gasteiger charge is -2.45. The SMILES string of the molecule is CCC1CCC(NC)C(N2CCOC(C)C2)C1. The first-order chi connectivity index (χ1) is 8.24. The average molecular weight is 240 g/mol. The predicted molar refractivity (Wildman–Crippen MR) is 71.3 cm³/mol. The molecule has 3 heteroatoms. The topological polar surface area (TPSA) is 24.5 Å². The summed E-state index contributed by atoms with van der Waals surface area (Å²) in [6, 6.07) is 1.41. The molecule has 1 heterocycles. The van der Waals surface area contributed by atoms with Gasteiger partial charge in [0.05, 0.1) is 12.7 Å². The monoisotopic (exact) mass is 240 g/mol. The fraction of sp³-hybridized carbons (Fsp3) is 1.00. The molecule has 3 nitrogen and oxygen atoms in total. The van der Waals surface area contributed by atoms with E-state index in [-0.39, 0.29) is 0 Å². The van der Waals surface area contributed by atoms with Gasteiger partial charge in [0, 0.05) is 25.2 Å². The van der Waals surface area contributed by atoms with Crippen LogP contribution >= 0.6 is 0 Å². The van der Waals surface area contributed by atoms with Crippen molar-refractivity contribution in [2.24, 2.45) is 5.92 Å². The molecule has 1 saturated heterocycles. The van der Waals surface area contributed by atoms with Crippen LogP contribution in [0.5, 0.6) is 0 Å². The van der Waals surface area contributed by atoms with E-state index in [0.717, 1.165) is 31.7 Å². The lowest BCUT2D eigenvalue weighted by molar-refractivity contribution is -0.0486. The van der Waals surface area contributed by atoms with Crippen LogP contribution in [0.15, 0.2) is 0 Å². The van der Waals surface area contributed by atoms with Gasteiger partial charge in [-0.25, -0.2) is 0 Å². The Bertz CT molecular complexity index is 234. The predicted octanol–water partition coefficient (Wildman–Crippen LogP) is 1.87. The molecule has 1 aliphatic carbocycles. The van der Waals surface area contributed by atoms with Gasteiger partial charge >= 0.3 is 0 Å². The van der Waals surface area contributed by atoms with Crippen LogP contribution in [0.1, 0.15) is 39.5 Å². The Morgan fingerprint density at radius 2 is 2.18 bits per heavy atom. The second-order valence-electron chi connectivity index (χ2n) is 5.73. The maximum absolute atomic E-state index is 5.66.